The van der Waals surface area contributed by atoms with Gasteiger partial charge in [-0.05, 0) is 30.5 Å². The first-order valence-electron chi connectivity index (χ1n) is 8.39. The molecule has 2 amide bonds. The largest absolute Gasteiger partial charge is 0.445 e. The topological polar surface area (TPSA) is 71.5 Å². The van der Waals surface area contributed by atoms with Crippen LogP contribution in [0.5, 0.6) is 0 Å². The number of piperidine rings is 1. The van der Waals surface area contributed by atoms with Crippen LogP contribution < -0.4 is 5.32 Å². The lowest BCUT2D eigenvalue weighted by atomic mass is 10.0. The third-order valence-corrected chi connectivity index (χ3v) is 4.24. The number of hydrogen-bond acceptors (Lipinski definition) is 4. The second-order valence-electron chi connectivity index (χ2n) is 6.01. The minimum Gasteiger partial charge on any atom is -0.445 e. The van der Waals surface area contributed by atoms with Crippen molar-refractivity contribution in [2.45, 2.75) is 25.5 Å². The zero-order valence-electron chi connectivity index (χ0n) is 13.9. The molecule has 0 unspecified atom stereocenters. The Bertz CT molecular complexity index is 698. The molecule has 1 fully saturated rings. The normalized spacial score (nSPS) is 14.8. The van der Waals surface area contributed by atoms with Crippen LogP contribution in [-0.4, -0.2) is 41.0 Å². The lowest BCUT2D eigenvalue weighted by Crippen LogP contribution is -2.46. The van der Waals surface area contributed by atoms with E-state index in [9.17, 15) is 9.59 Å². The van der Waals surface area contributed by atoms with Gasteiger partial charge in [0.2, 0.25) is 0 Å². The number of pyridine rings is 1. The number of amides is 2. The van der Waals surface area contributed by atoms with E-state index in [-0.39, 0.29) is 24.6 Å². The molecule has 1 aromatic carbocycles. The van der Waals surface area contributed by atoms with Gasteiger partial charge < -0.3 is 15.0 Å². The van der Waals surface area contributed by atoms with E-state index >= 15 is 0 Å². The number of nitrogens with one attached hydrogen (secondary N) is 1. The van der Waals surface area contributed by atoms with E-state index in [1.807, 2.05) is 30.3 Å². The predicted molar refractivity (Wildman–Crippen MR) is 92.9 cm³/mol. The molecule has 1 saturated heterocycles. The Morgan fingerprint density at radius 3 is 2.44 bits per heavy atom. The summed E-state index contributed by atoms with van der Waals surface area (Å²) in [5.41, 5.74) is 1.56. The number of hydrogen-bond donors (Lipinski definition) is 1. The van der Waals surface area contributed by atoms with Gasteiger partial charge in [0.1, 0.15) is 6.61 Å². The first-order valence-corrected chi connectivity index (χ1v) is 8.39. The average molecular weight is 339 g/mol. The molecule has 0 saturated carbocycles. The summed E-state index contributed by atoms with van der Waals surface area (Å²) in [6, 6.07) is 13.1. The first kappa shape index (κ1) is 17.0. The Balaban J connectivity index is 1.42. The van der Waals surface area contributed by atoms with Crippen molar-refractivity contribution in [3.63, 3.8) is 0 Å². The summed E-state index contributed by atoms with van der Waals surface area (Å²) in [4.78, 5) is 29.9. The maximum Gasteiger partial charge on any atom is 0.410 e. The van der Waals surface area contributed by atoms with Gasteiger partial charge in [0.05, 0.1) is 0 Å². The molecule has 25 heavy (non-hydrogen) atoms. The van der Waals surface area contributed by atoms with Crippen molar-refractivity contribution >= 4 is 12.0 Å². The van der Waals surface area contributed by atoms with Crippen LogP contribution in [0.3, 0.4) is 0 Å². The number of ether oxygens (including phenoxy) is 1. The van der Waals surface area contributed by atoms with E-state index in [2.05, 4.69) is 10.3 Å². The van der Waals surface area contributed by atoms with Gasteiger partial charge in [-0.25, -0.2) is 4.79 Å². The van der Waals surface area contributed by atoms with Gasteiger partial charge in [0.15, 0.2) is 0 Å². The van der Waals surface area contributed by atoms with E-state index in [0.717, 1.165) is 18.4 Å². The summed E-state index contributed by atoms with van der Waals surface area (Å²) >= 11 is 0. The molecular weight excluding hydrogens is 318 g/mol. The highest BCUT2D eigenvalue weighted by molar-refractivity contribution is 5.94. The Morgan fingerprint density at radius 2 is 1.76 bits per heavy atom. The van der Waals surface area contributed by atoms with Crippen molar-refractivity contribution in [1.82, 2.24) is 15.2 Å². The van der Waals surface area contributed by atoms with Gasteiger partial charge in [-0.1, -0.05) is 30.3 Å². The molecule has 2 aromatic rings. The van der Waals surface area contributed by atoms with E-state index in [4.69, 9.17) is 4.74 Å². The maximum atomic E-state index is 12.1. The van der Waals surface area contributed by atoms with Crippen molar-refractivity contribution in [1.29, 1.82) is 0 Å². The molecule has 1 aliphatic heterocycles. The molecule has 0 spiro atoms. The van der Waals surface area contributed by atoms with Gasteiger partial charge in [0, 0.05) is 37.1 Å². The molecule has 1 N–H and O–H groups in total. The van der Waals surface area contributed by atoms with E-state index in [1.165, 1.54) is 0 Å². The van der Waals surface area contributed by atoms with Crippen molar-refractivity contribution in [2.24, 2.45) is 0 Å². The summed E-state index contributed by atoms with van der Waals surface area (Å²) in [7, 11) is 0. The lowest BCUT2D eigenvalue weighted by Gasteiger charge is -2.31. The second kappa shape index (κ2) is 8.28. The van der Waals surface area contributed by atoms with Gasteiger partial charge in [0.25, 0.3) is 5.91 Å². The molecule has 2 heterocycles. The number of nitrogens with zero attached hydrogens (tertiary/aromatic N) is 2. The van der Waals surface area contributed by atoms with Crippen LogP contribution in [0.2, 0.25) is 0 Å². The van der Waals surface area contributed by atoms with Crippen molar-refractivity contribution < 1.29 is 14.3 Å². The van der Waals surface area contributed by atoms with E-state index in [1.54, 1.807) is 29.4 Å². The first-order chi connectivity index (χ1) is 12.2. The van der Waals surface area contributed by atoms with Crippen molar-refractivity contribution in [2.75, 3.05) is 13.1 Å². The third kappa shape index (κ3) is 4.79. The van der Waals surface area contributed by atoms with Crippen LogP contribution in [-0.2, 0) is 11.3 Å². The van der Waals surface area contributed by atoms with Crippen LogP contribution in [0.4, 0.5) is 4.79 Å². The SMILES string of the molecule is O=C(NC1CCN(C(=O)OCc2ccccc2)CC1)c1ccncc1. The van der Waals surface area contributed by atoms with Crippen molar-refractivity contribution in [3.8, 4) is 0 Å². The second-order valence-corrected chi connectivity index (χ2v) is 6.01. The minimum absolute atomic E-state index is 0.0684. The monoisotopic (exact) mass is 339 g/mol. The molecule has 6 nitrogen and oxygen atoms in total. The maximum absolute atomic E-state index is 12.1. The number of carbonyl (C=O) groups excluding carboxylic acids is 2. The number of likely N-dealkylation sites (tertiary alicyclic amines) is 1. The Kier molecular flexibility index (Phi) is 5.61. The molecule has 130 valence electrons. The summed E-state index contributed by atoms with van der Waals surface area (Å²) in [6.45, 7) is 1.43. The number of aromatic nitrogens is 1. The molecule has 0 atom stereocenters. The molecule has 0 radical (unpaired) electrons. The Labute approximate surface area is 146 Å². The lowest BCUT2D eigenvalue weighted by molar-refractivity contribution is 0.0809. The standard InChI is InChI=1S/C19H21N3O3/c23-18(16-6-10-20-11-7-16)21-17-8-12-22(13-9-17)19(24)25-14-15-4-2-1-3-5-15/h1-7,10-11,17H,8-9,12-14H2,(H,21,23). The fourth-order valence-electron chi connectivity index (χ4n) is 2.79. The molecule has 1 aliphatic rings. The van der Waals surface area contributed by atoms with Crippen LogP contribution in [0.15, 0.2) is 54.9 Å². The van der Waals surface area contributed by atoms with Gasteiger partial charge in [-0.2, -0.15) is 0 Å². The van der Waals surface area contributed by atoms with E-state index in [0.29, 0.717) is 18.7 Å². The molecule has 0 aliphatic carbocycles. The molecule has 1 aromatic heterocycles. The highest BCUT2D eigenvalue weighted by Crippen LogP contribution is 2.13. The molecule has 3 rings (SSSR count). The smallest absolute Gasteiger partial charge is 0.410 e. The number of rotatable bonds is 4. The average Bonchev–Trinajstić information content (AvgIpc) is 2.68. The summed E-state index contributed by atoms with van der Waals surface area (Å²) < 4.78 is 5.35. The van der Waals surface area contributed by atoms with Crippen LogP contribution >= 0.6 is 0 Å². The minimum atomic E-state index is -0.303. The fourth-order valence-corrected chi connectivity index (χ4v) is 2.79. The van der Waals surface area contributed by atoms with Gasteiger partial charge in [-0.3, -0.25) is 9.78 Å². The summed E-state index contributed by atoms with van der Waals surface area (Å²) in [5, 5.41) is 3.01. The molecular formula is C19H21N3O3. The van der Waals surface area contributed by atoms with Crippen LogP contribution in [0, 0.1) is 0 Å². The zero-order chi connectivity index (χ0) is 17.5. The summed E-state index contributed by atoms with van der Waals surface area (Å²) in [6.07, 6.45) is 4.33. The Morgan fingerprint density at radius 1 is 1.08 bits per heavy atom. The highest BCUT2D eigenvalue weighted by atomic mass is 16.6. The molecule has 0 bridgehead atoms. The van der Waals surface area contributed by atoms with Gasteiger partial charge >= 0.3 is 6.09 Å². The van der Waals surface area contributed by atoms with Crippen LogP contribution in [0.25, 0.3) is 0 Å². The Hall–Kier alpha value is -2.89. The zero-order valence-corrected chi connectivity index (χ0v) is 13.9. The predicted octanol–water partition coefficient (Wildman–Crippen LogP) is 2.61. The number of carbonyl (C=O) groups is 2. The van der Waals surface area contributed by atoms with Crippen LogP contribution in [0.1, 0.15) is 28.8 Å². The van der Waals surface area contributed by atoms with Crippen molar-refractivity contribution in [3.05, 3.63) is 66.0 Å². The fraction of sp³-hybridized carbons (Fsp3) is 0.316. The summed E-state index contributed by atoms with van der Waals surface area (Å²) in [5.74, 6) is -0.104. The number of benzene rings is 1. The molecule has 6 heteroatoms. The van der Waals surface area contributed by atoms with E-state index < -0.39 is 0 Å². The quantitative estimate of drug-likeness (QED) is 0.929. The third-order valence-electron chi connectivity index (χ3n) is 4.24. The van der Waals surface area contributed by atoms with Gasteiger partial charge in [-0.15, -0.1) is 0 Å². The highest BCUT2D eigenvalue weighted by Gasteiger charge is 2.25.